The smallest absolute Gasteiger partial charge is 0.197 e. The van der Waals surface area contributed by atoms with Crippen LogP contribution in [0, 0.1) is 52.3 Å². The second-order valence-electron chi connectivity index (χ2n) is 13.2. The molecule has 0 aromatic carbocycles. The number of aliphatic hydroxyl groups excluding tert-OH is 2. The molecule has 176 valence electrons. The van der Waals surface area contributed by atoms with Gasteiger partial charge in [0.2, 0.25) is 0 Å². The summed E-state index contributed by atoms with van der Waals surface area (Å²) in [7, 11) is 0. The van der Waals surface area contributed by atoms with Crippen LogP contribution >= 0.6 is 0 Å². The molecule has 4 aliphatic carbocycles. The molecule has 1 spiro atoms. The third kappa shape index (κ3) is 2.74. The van der Waals surface area contributed by atoms with Gasteiger partial charge in [-0.05, 0) is 104 Å². The number of fused-ring (bicyclic) bond motifs is 7. The predicted octanol–water partition coefficient (Wildman–Crippen LogP) is 4.76. The second kappa shape index (κ2) is 6.93. The molecule has 2 N–H and O–H groups in total. The van der Waals surface area contributed by atoms with Gasteiger partial charge in [0.05, 0.1) is 18.8 Å². The van der Waals surface area contributed by atoms with Gasteiger partial charge in [0, 0.05) is 5.92 Å². The van der Waals surface area contributed by atoms with Crippen molar-refractivity contribution in [1.29, 1.82) is 0 Å². The van der Waals surface area contributed by atoms with Crippen LogP contribution in [0.2, 0.25) is 0 Å². The van der Waals surface area contributed by atoms with Gasteiger partial charge in [-0.15, -0.1) is 0 Å². The minimum atomic E-state index is -0.768. The number of hydrogen-bond acceptors (Lipinski definition) is 4. The van der Waals surface area contributed by atoms with E-state index in [1.165, 1.54) is 32.1 Å². The summed E-state index contributed by atoms with van der Waals surface area (Å²) in [4.78, 5) is 0. The molecule has 4 heteroatoms. The molecule has 2 saturated heterocycles. The van der Waals surface area contributed by atoms with Gasteiger partial charge >= 0.3 is 0 Å². The monoisotopic (exact) mass is 432 g/mol. The maximum atomic E-state index is 11.0. The molecule has 2 heterocycles. The molecule has 2 aliphatic heterocycles. The van der Waals surface area contributed by atoms with Crippen LogP contribution in [0.15, 0.2) is 0 Å². The minimum Gasteiger partial charge on any atom is -0.393 e. The van der Waals surface area contributed by atoms with Crippen LogP contribution in [-0.4, -0.2) is 40.9 Å². The van der Waals surface area contributed by atoms with Crippen molar-refractivity contribution in [2.45, 2.75) is 110 Å². The summed E-state index contributed by atoms with van der Waals surface area (Å²) in [5.41, 5.74) is 0.728. The van der Waals surface area contributed by atoms with E-state index in [0.29, 0.717) is 35.2 Å². The summed E-state index contributed by atoms with van der Waals surface area (Å²) in [5, 5.41) is 21.3. The lowest BCUT2D eigenvalue weighted by atomic mass is 9.44. The highest BCUT2D eigenvalue weighted by atomic mass is 16.7. The molecule has 4 nitrogen and oxygen atoms in total. The summed E-state index contributed by atoms with van der Waals surface area (Å²) in [6, 6.07) is 0. The Morgan fingerprint density at radius 1 is 0.839 bits per heavy atom. The normalized spacial score (nSPS) is 63.3. The van der Waals surface area contributed by atoms with E-state index in [-0.39, 0.29) is 18.1 Å². The van der Waals surface area contributed by atoms with Crippen LogP contribution in [0.25, 0.3) is 0 Å². The molecular formula is C27H44O4. The second-order valence-corrected chi connectivity index (χ2v) is 13.2. The van der Waals surface area contributed by atoms with Gasteiger partial charge < -0.3 is 19.7 Å². The Hall–Kier alpha value is -0.160. The third-order valence-electron chi connectivity index (χ3n) is 11.9. The lowest BCUT2D eigenvalue weighted by molar-refractivity contribution is -0.316. The zero-order valence-corrected chi connectivity index (χ0v) is 20.1. The largest absolute Gasteiger partial charge is 0.393 e. The summed E-state index contributed by atoms with van der Waals surface area (Å²) in [6.45, 7) is 10.3. The molecule has 0 bridgehead atoms. The average molecular weight is 433 g/mol. The van der Waals surface area contributed by atoms with E-state index in [1.54, 1.807) is 0 Å². The minimum absolute atomic E-state index is 0.0654. The molecule has 6 fully saturated rings. The lowest BCUT2D eigenvalue weighted by Gasteiger charge is -2.61. The van der Waals surface area contributed by atoms with Gasteiger partial charge in [-0.25, -0.2) is 0 Å². The van der Waals surface area contributed by atoms with Crippen molar-refractivity contribution in [3.05, 3.63) is 0 Å². The molecule has 0 aromatic heterocycles. The topological polar surface area (TPSA) is 58.9 Å². The standard InChI is InChI=1S/C27H44O4/c1-15-11-23(29)27(30-14-15)16(2)24-22(31-27)13-21-19-6-5-17-12-18(28)7-9-25(17,3)20(19)8-10-26(21,24)4/h15-24,28-29H,5-14H2,1-4H3/t15-,16-,17-,18+,19+,20+,21+,22-,23+,24-,25-,26-,27-/m0/s1. The highest BCUT2D eigenvalue weighted by Crippen LogP contribution is 2.71. The van der Waals surface area contributed by atoms with Gasteiger partial charge in [-0.1, -0.05) is 27.7 Å². The fraction of sp³-hybridized carbons (Fsp3) is 1.00. The maximum Gasteiger partial charge on any atom is 0.197 e. The molecule has 6 aliphatic rings. The molecule has 0 amide bonds. The SMILES string of the molecule is C[C@@H]1CO[C@@]2(O[C@H]3C[C@@H]4[C@@H]5CC[C@H]6C[C@H](O)CC[C@]6(C)[C@@H]5CC[C@]4(C)[C@H]3[C@@H]2C)[C@H](O)C1. The molecule has 0 aromatic rings. The van der Waals surface area contributed by atoms with Crippen LogP contribution in [0.1, 0.15) is 85.5 Å². The molecule has 0 radical (unpaired) electrons. The van der Waals surface area contributed by atoms with Gasteiger partial charge in [-0.3, -0.25) is 0 Å². The lowest BCUT2D eigenvalue weighted by Crippen LogP contribution is -2.57. The molecular weight excluding hydrogens is 388 g/mol. The highest BCUT2D eigenvalue weighted by Gasteiger charge is 2.70. The van der Waals surface area contributed by atoms with Gasteiger partial charge in [-0.2, -0.15) is 0 Å². The molecule has 6 rings (SSSR count). The quantitative estimate of drug-likeness (QED) is 0.579. The Balaban J connectivity index is 1.27. The van der Waals surface area contributed by atoms with Gasteiger partial charge in [0.1, 0.15) is 6.10 Å². The van der Waals surface area contributed by atoms with Gasteiger partial charge in [0.25, 0.3) is 0 Å². The highest BCUT2D eigenvalue weighted by molar-refractivity contribution is 5.16. The molecule has 4 saturated carbocycles. The fourth-order valence-electron chi connectivity index (χ4n) is 10.4. The van der Waals surface area contributed by atoms with E-state index in [4.69, 9.17) is 9.47 Å². The number of aliphatic hydroxyl groups is 2. The number of hydrogen-bond donors (Lipinski definition) is 2. The first-order valence-corrected chi connectivity index (χ1v) is 13.4. The Kier molecular flexibility index (Phi) is 4.78. The van der Waals surface area contributed by atoms with E-state index >= 15 is 0 Å². The van der Waals surface area contributed by atoms with Crippen LogP contribution in [0.5, 0.6) is 0 Å². The Labute approximate surface area is 188 Å². The maximum absolute atomic E-state index is 11.0. The van der Waals surface area contributed by atoms with Crippen molar-refractivity contribution >= 4 is 0 Å². The van der Waals surface area contributed by atoms with Crippen molar-refractivity contribution in [3.63, 3.8) is 0 Å². The first-order valence-electron chi connectivity index (χ1n) is 13.4. The predicted molar refractivity (Wildman–Crippen MR) is 119 cm³/mol. The van der Waals surface area contributed by atoms with Crippen molar-refractivity contribution in [3.8, 4) is 0 Å². The van der Waals surface area contributed by atoms with Crippen molar-refractivity contribution in [2.24, 2.45) is 52.3 Å². The zero-order valence-electron chi connectivity index (χ0n) is 20.1. The van der Waals surface area contributed by atoms with E-state index in [2.05, 4.69) is 27.7 Å². The summed E-state index contributed by atoms with van der Waals surface area (Å²) >= 11 is 0. The van der Waals surface area contributed by atoms with Crippen molar-refractivity contribution in [1.82, 2.24) is 0 Å². The first-order chi connectivity index (χ1) is 14.7. The van der Waals surface area contributed by atoms with E-state index in [9.17, 15) is 10.2 Å². The van der Waals surface area contributed by atoms with Crippen LogP contribution < -0.4 is 0 Å². The molecule has 0 unspecified atom stereocenters. The average Bonchev–Trinajstić information content (AvgIpc) is 3.17. The van der Waals surface area contributed by atoms with Gasteiger partial charge in [0.15, 0.2) is 5.79 Å². The van der Waals surface area contributed by atoms with Crippen molar-refractivity contribution < 1.29 is 19.7 Å². The molecule has 13 atom stereocenters. The fourth-order valence-corrected chi connectivity index (χ4v) is 10.4. The Bertz CT molecular complexity index is 726. The van der Waals surface area contributed by atoms with Crippen LogP contribution in [0.3, 0.4) is 0 Å². The van der Waals surface area contributed by atoms with E-state index < -0.39 is 11.9 Å². The van der Waals surface area contributed by atoms with Crippen LogP contribution in [0.4, 0.5) is 0 Å². The first kappa shape index (κ1) is 21.4. The Morgan fingerprint density at radius 3 is 2.39 bits per heavy atom. The number of ether oxygens (including phenoxy) is 2. The molecule has 31 heavy (non-hydrogen) atoms. The summed E-state index contributed by atoms with van der Waals surface area (Å²) in [6.07, 6.45) is 10.1. The third-order valence-corrected chi connectivity index (χ3v) is 11.9. The number of rotatable bonds is 0. The Morgan fingerprint density at radius 2 is 1.61 bits per heavy atom. The zero-order chi connectivity index (χ0) is 21.8. The van der Waals surface area contributed by atoms with E-state index in [0.717, 1.165) is 43.4 Å². The van der Waals surface area contributed by atoms with E-state index in [1.807, 2.05) is 0 Å². The summed E-state index contributed by atoms with van der Waals surface area (Å²) in [5.74, 6) is 3.47. The van der Waals surface area contributed by atoms with Crippen LogP contribution in [-0.2, 0) is 9.47 Å². The summed E-state index contributed by atoms with van der Waals surface area (Å²) < 4.78 is 13.1. The van der Waals surface area contributed by atoms with Crippen molar-refractivity contribution in [2.75, 3.05) is 6.61 Å².